The fraction of sp³-hybridized carbons (Fsp3) is 0. The maximum Gasteiger partial charge on any atom is 0.145 e. The second-order valence-electron chi connectivity index (χ2n) is 12.8. The molecule has 0 spiro atoms. The van der Waals surface area contributed by atoms with Crippen molar-refractivity contribution in [3.05, 3.63) is 230 Å². The van der Waals surface area contributed by atoms with Crippen LogP contribution in [0.25, 0.3) is 93.6 Å². The lowest BCUT2D eigenvalue weighted by Crippen LogP contribution is -2.11. The zero-order valence-electron chi connectivity index (χ0n) is 68.3. The third-order valence-electron chi connectivity index (χ3n) is 9.43. The van der Waals surface area contributed by atoms with Crippen LogP contribution in [0.3, 0.4) is 0 Å². The molecule has 286 valence electrons. The van der Waals surface area contributed by atoms with Gasteiger partial charge in [0, 0.05) is 44.2 Å². The minimum Gasteiger partial charge on any atom is -0.455 e. The van der Waals surface area contributed by atoms with Crippen molar-refractivity contribution in [1.82, 2.24) is 4.57 Å². The Balaban J connectivity index is 1.34. The van der Waals surface area contributed by atoms with E-state index in [1.807, 2.05) is 0 Å². The zero-order valence-corrected chi connectivity index (χ0v) is 30.3. The molecular formula is C58H38N2O. The Kier molecular flexibility index (Phi) is 3.21. The summed E-state index contributed by atoms with van der Waals surface area (Å²) >= 11 is 0. The standard InChI is InChI=1S/C58H38N2O/c1-2-13-39(14-3-1)40-25-31-44(32-26-40)59(45-33-27-42(28-34-45)48-21-12-16-41-15-4-5-17-47(41)48)55-38-37-52-51-20-8-11-24-56(51)61-58(52)57(55)43-29-35-46(36-30-43)60-53-22-9-6-18-49(53)50-19-7-10-23-54(50)60/h1-38H/i1D,2D,3D,4D,5D,6D,7D,8D,9D,10D,11D,12D,13D,14D,15D,16D,17D,18D,19D,20D,21D,22D,23D,24D,25D,26D,27D,28D,29D,30D,31D,32D,33D,34D,35D,36D,37D,38D. The van der Waals surface area contributed by atoms with Gasteiger partial charge in [0.2, 0.25) is 0 Å². The van der Waals surface area contributed by atoms with Crippen LogP contribution in [0.4, 0.5) is 17.1 Å². The SMILES string of the molecule is [2H]c1c([2H])c([2H])c(-c2c([2H])c([2H])c(N(c3c([2H])c([2H])c(-c4c([2H])c([2H])c([2H])c5c([2H])c([2H])c([2H])c([2H])c45)c([2H])c3[2H])c3c([2H])c([2H])c4c(oc5c([2H])c([2H])c([2H])c([2H])c54)c3-c3c([2H])c([2H])c(-n4c5c([2H])c([2H])c([2H])c([2H])c5c5c([2H])c([2H])c([2H])c([2H])c54)c([2H])c3[2H])c([2H])c2[2H])c([2H])c1[2H]. The second kappa shape index (κ2) is 14.3. The van der Waals surface area contributed by atoms with E-state index < -0.39 is 340 Å². The van der Waals surface area contributed by atoms with Gasteiger partial charge in [-0.3, -0.25) is 0 Å². The lowest BCUT2D eigenvalue weighted by Gasteiger charge is -2.28. The Morgan fingerprint density at radius 1 is 0.377 bits per heavy atom. The average molecular weight is 817 g/mol. The van der Waals surface area contributed by atoms with E-state index >= 15 is 0 Å². The summed E-state index contributed by atoms with van der Waals surface area (Å²) in [6.45, 7) is 0. The van der Waals surface area contributed by atoms with E-state index in [2.05, 4.69) is 0 Å². The van der Waals surface area contributed by atoms with Crippen LogP contribution >= 0.6 is 0 Å². The molecule has 61 heavy (non-hydrogen) atoms. The fourth-order valence-electron chi connectivity index (χ4n) is 6.79. The Morgan fingerprint density at radius 2 is 0.918 bits per heavy atom. The molecule has 0 aliphatic carbocycles. The molecule has 0 saturated heterocycles. The van der Waals surface area contributed by atoms with Crippen molar-refractivity contribution in [2.45, 2.75) is 0 Å². The second-order valence-corrected chi connectivity index (χ2v) is 12.8. The Labute approximate surface area is 407 Å². The Hall–Kier alpha value is -8.14. The van der Waals surface area contributed by atoms with E-state index in [-0.39, 0.29) is 4.90 Å². The normalized spacial score (nSPS) is 20.3. The van der Waals surface area contributed by atoms with Gasteiger partial charge in [0.15, 0.2) is 0 Å². The van der Waals surface area contributed by atoms with Crippen molar-refractivity contribution in [3.8, 4) is 39.1 Å². The van der Waals surface area contributed by atoms with Crippen LogP contribution in [0.15, 0.2) is 234 Å². The zero-order chi connectivity index (χ0) is 73.3. The molecule has 0 bridgehead atoms. The first-order valence-electron chi connectivity index (χ1n) is 36.7. The number of rotatable bonds is 7. The van der Waals surface area contributed by atoms with Gasteiger partial charge in [0.1, 0.15) is 11.2 Å². The average Bonchev–Trinajstić information content (AvgIpc) is 1.49. The summed E-state index contributed by atoms with van der Waals surface area (Å²) in [6, 6.07) is -42.7. The summed E-state index contributed by atoms with van der Waals surface area (Å²) in [6.07, 6.45) is 0. The van der Waals surface area contributed by atoms with Crippen LogP contribution in [0.2, 0.25) is 0 Å². The summed E-state index contributed by atoms with van der Waals surface area (Å²) in [4.78, 5) is 0.225. The first kappa shape index (κ1) is 13.7. The van der Waals surface area contributed by atoms with Gasteiger partial charge in [-0.25, -0.2) is 0 Å². The molecule has 0 radical (unpaired) electrons. The van der Waals surface area contributed by atoms with Gasteiger partial charge in [-0.15, -0.1) is 0 Å². The molecule has 0 aliphatic heterocycles. The van der Waals surface area contributed by atoms with E-state index in [9.17, 15) is 19.2 Å². The van der Waals surface area contributed by atoms with Crippen LogP contribution < -0.4 is 4.90 Å². The van der Waals surface area contributed by atoms with Crippen molar-refractivity contribution >= 4 is 71.6 Å². The van der Waals surface area contributed by atoms with Gasteiger partial charge < -0.3 is 13.9 Å². The highest BCUT2D eigenvalue weighted by Gasteiger charge is 2.23. The molecule has 0 fully saturated rings. The molecule has 0 N–H and O–H groups in total. The minimum atomic E-state index is -1.45. The molecular weight excluding hydrogens is 741 g/mol. The van der Waals surface area contributed by atoms with E-state index in [4.69, 9.17) is 37.3 Å². The van der Waals surface area contributed by atoms with Gasteiger partial charge in [-0.05, 0) is 105 Å². The summed E-state index contributed by atoms with van der Waals surface area (Å²) < 4.78 is 355. The molecule has 0 saturated carbocycles. The summed E-state index contributed by atoms with van der Waals surface area (Å²) in [5.74, 6) is 0. The van der Waals surface area contributed by atoms with Crippen LogP contribution in [-0.2, 0) is 0 Å². The topological polar surface area (TPSA) is 21.3 Å². The summed E-state index contributed by atoms with van der Waals surface area (Å²) in [5.41, 5.74) is -14.7. The molecule has 0 unspecified atom stereocenters. The van der Waals surface area contributed by atoms with Gasteiger partial charge in [-0.1, -0.05) is 163 Å². The maximum absolute atomic E-state index is 10.2. The summed E-state index contributed by atoms with van der Waals surface area (Å²) in [5, 5.41) is -4.21. The lowest BCUT2D eigenvalue weighted by atomic mass is 9.96. The molecule has 12 aromatic rings. The van der Waals surface area contributed by atoms with E-state index in [0.717, 1.165) is 0 Å². The molecule has 0 aliphatic rings. The monoisotopic (exact) mass is 817 g/mol. The molecule has 10 aromatic carbocycles. The van der Waals surface area contributed by atoms with Crippen LogP contribution in [0.1, 0.15) is 52.1 Å². The molecule has 3 nitrogen and oxygen atoms in total. The van der Waals surface area contributed by atoms with Crippen molar-refractivity contribution in [2.75, 3.05) is 4.90 Å². The lowest BCUT2D eigenvalue weighted by molar-refractivity contribution is 0.670. The molecule has 0 atom stereocenters. The quantitative estimate of drug-likeness (QED) is 0.160. The number of benzene rings is 10. The summed E-state index contributed by atoms with van der Waals surface area (Å²) in [7, 11) is 0. The Morgan fingerprint density at radius 3 is 1.62 bits per heavy atom. The molecule has 2 aromatic heterocycles. The van der Waals surface area contributed by atoms with Crippen LogP contribution in [0, 0.1) is 0 Å². The number of para-hydroxylation sites is 3. The number of nitrogens with zero attached hydrogens (tertiary/aromatic N) is 2. The number of furan rings is 1. The third kappa shape index (κ3) is 5.82. The van der Waals surface area contributed by atoms with Crippen LogP contribution in [-0.4, -0.2) is 4.57 Å². The maximum atomic E-state index is 10.2. The number of anilines is 3. The van der Waals surface area contributed by atoms with Crippen molar-refractivity contribution in [3.63, 3.8) is 0 Å². The molecule has 3 heteroatoms. The first-order valence-corrected chi connectivity index (χ1v) is 17.7. The molecule has 2 heterocycles. The van der Waals surface area contributed by atoms with Gasteiger partial charge in [-0.2, -0.15) is 0 Å². The molecule has 12 rings (SSSR count). The highest BCUT2D eigenvalue weighted by molar-refractivity contribution is 6.14. The van der Waals surface area contributed by atoms with E-state index in [1.165, 1.54) is 0 Å². The van der Waals surface area contributed by atoms with E-state index in [1.54, 1.807) is 0 Å². The van der Waals surface area contributed by atoms with Gasteiger partial charge in [0.25, 0.3) is 0 Å². The van der Waals surface area contributed by atoms with E-state index in [0.29, 0.717) is 4.57 Å². The van der Waals surface area contributed by atoms with Crippen molar-refractivity contribution < 1.29 is 56.5 Å². The predicted molar refractivity (Wildman–Crippen MR) is 257 cm³/mol. The smallest absolute Gasteiger partial charge is 0.145 e. The largest absolute Gasteiger partial charge is 0.455 e. The number of hydrogen-bond acceptors (Lipinski definition) is 2. The van der Waals surface area contributed by atoms with Crippen molar-refractivity contribution in [2.24, 2.45) is 0 Å². The van der Waals surface area contributed by atoms with Gasteiger partial charge >= 0.3 is 0 Å². The van der Waals surface area contributed by atoms with Gasteiger partial charge in [0.05, 0.1) is 68.8 Å². The predicted octanol–water partition coefficient (Wildman–Crippen LogP) is 16.3. The highest BCUT2D eigenvalue weighted by atomic mass is 16.3. The highest BCUT2D eigenvalue weighted by Crippen LogP contribution is 2.47. The fourth-order valence-corrected chi connectivity index (χ4v) is 6.79. The third-order valence-corrected chi connectivity index (χ3v) is 9.43. The molecule has 0 amide bonds. The Bertz CT molecular complexity index is 5650. The van der Waals surface area contributed by atoms with Crippen molar-refractivity contribution in [1.29, 1.82) is 0 Å². The number of aromatic nitrogens is 1. The van der Waals surface area contributed by atoms with Crippen LogP contribution in [0.5, 0.6) is 0 Å². The number of hydrogen-bond donors (Lipinski definition) is 0. The first-order chi connectivity index (χ1) is 46.1. The minimum absolute atomic E-state index is 0.225. The number of fused-ring (bicyclic) bond motifs is 7.